The Morgan fingerprint density at radius 3 is 2.53 bits per heavy atom. The van der Waals surface area contributed by atoms with E-state index in [4.69, 9.17) is 14.2 Å². The predicted molar refractivity (Wildman–Crippen MR) is 54.4 cm³/mol. The van der Waals surface area contributed by atoms with Gasteiger partial charge in [-0.15, -0.1) is 0 Å². The van der Waals surface area contributed by atoms with E-state index in [1.165, 1.54) is 0 Å². The second kappa shape index (κ2) is 6.05. The molecule has 1 aliphatic rings. The first kappa shape index (κ1) is 12.4. The van der Waals surface area contributed by atoms with Crippen molar-refractivity contribution in [2.45, 2.75) is 25.7 Å². The van der Waals surface area contributed by atoms with E-state index in [0.29, 0.717) is 13.2 Å². The van der Waals surface area contributed by atoms with Gasteiger partial charge in [-0.2, -0.15) is 0 Å². The molecule has 0 aliphatic carbocycles. The number of esters is 1. The van der Waals surface area contributed by atoms with Crippen molar-refractivity contribution < 1.29 is 19.0 Å². The highest BCUT2D eigenvalue weighted by atomic mass is 16.7. The Balaban J connectivity index is 2.34. The summed E-state index contributed by atoms with van der Waals surface area (Å²) in [5.74, 6) is -0.144. The number of hydrogen-bond donors (Lipinski definition) is 0. The van der Waals surface area contributed by atoms with Crippen LogP contribution in [0, 0.1) is 0 Å². The third-order valence-corrected chi connectivity index (χ3v) is 2.60. The first-order chi connectivity index (χ1) is 7.22. The van der Waals surface area contributed by atoms with Crippen molar-refractivity contribution in [1.29, 1.82) is 0 Å². The molecule has 88 valence electrons. The van der Waals surface area contributed by atoms with Crippen molar-refractivity contribution in [2.75, 3.05) is 33.9 Å². The van der Waals surface area contributed by atoms with Crippen molar-refractivity contribution in [2.24, 2.45) is 0 Å². The molecule has 0 aromatic heterocycles. The number of likely N-dealkylation sites (tertiary alicyclic amines) is 1. The van der Waals surface area contributed by atoms with Crippen molar-refractivity contribution >= 4 is 5.97 Å². The first-order valence-electron chi connectivity index (χ1n) is 5.19. The molecule has 1 atom stereocenters. The fourth-order valence-electron chi connectivity index (χ4n) is 1.60. The monoisotopic (exact) mass is 217 g/mol. The Labute approximate surface area is 90.3 Å². The van der Waals surface area contributed by atoms with E-state index < -0.39 is 0 Å². The third-order valence-electron chi connectivity index (χ3n) is 2.60. The van der Waals surface area contributed by atoms with Gasteiger partial charge >= 0.3 is 5.97 Å². The molecule has 0 saturated carbocycles. The highest BCUT2D eigenvalue weighted by molar-refractivity contribution is 5.76. The van der Waals surface area contributed by atoms with Gasteiger partial charge in [-0.05, 0) is 13.3 Å². The number of methoxy groups -OCH3 is 2. The van der Waals surface area contributed by atoms with Crippen LogP contribution >= 0.6 is 0 Å². The van der Waals surface area contributed by atoms with Crippen LogP contribution in [0.5, 0.6) is 0 Å². The summed E-state index contributed by atoms with van der Waals surface area (Å²) in [6, 6.07) is -0.113. The van der Waals surface area contributed by atoms with Crippen LogP contribution in [0.15, 0.2) is 0 Å². The number of ether oxygens (including phenoxy) is 3. The molecule has 0 aromatic carbocycles. The predicted octanol–water partition coefficient (Wildman–Crippen LogP) is 0.243. The van der Waals surface area contributed by atoms with Gasteiger partial charge in [0.2, 0.25) is 0 Å². The van der Waals surface area contributed by atoms with Gasteiger partial charge in [-0.3, -0.25) is 9.69 Å². The van der Waals surface area contributed by atoms with E-state index in [2.05, 4.69) is 0 Å². The van der Waals surface area contributed by atoms with Crippen LogP contribution in [0.25, 0.3) is 0 Å². The zero-order valence-corrected chi connectivity index (χ0v) is 9.56. The average Bonchev–Trinajstić information content (AvgIpc) is 2.18. The number of hydrogen-bond acceptors (Lipinski definition) is 5. The van der Waals surface area contributed by atoms with E-state index in [9.17, 15) is 4.79 Å². The zero-order valence-electron chi connectivity index (χ0n) is 9.56. The van der Waals surface area contributed by atoms with Gasteiger partial charge in [0.1, 0.15) is 6.04 Å². The minimum atomic E-state index is -0.276. The lowest BCUT2D eigenvalue weighted by atomic mass is 10.0. The summed E-state index contributed by atoms with van der Waals surface area (Å²) in [7, 11) is 3.18. The first-order valence-corrected chi connectivity index (χ1v) is 5.19. The molecule has 0 N–H and O–H groups in total. The molecule has 15 heavy (non-hydrogen) atoms. The summed E-state index contributed by atoms with van der Waals surface area (Å²) in [6.07, 6.45) is 0.584. The summed E-state index contributed by atoms with van der Waals surface area (Å²) in [4.78, 5) is 13.5. The van der Waals surface area contributed by atoms with Crippen molar-refractivity contribution in [3.05, 3.63) is 0 Å². The van der Waals surface area contributed by atoms with Crippen LogP contribution in [-0.2, 0) is 19.0 Å². The normalized spacial score (nSPS) is 21.5. The van der Waals surface area contributed by atoms with Crippen LogP contribution in [-0.4, -0.2) is 57.1 Å². The molecule has 0 bridgehead atoms. The highest BCUT2D eigenvalue weighted by Crippen LogP contribution is 2.19. The fraction of sp³-hybridized carbons (Fsp3) is 0.900. The summed E-state index contributed by atoms with van der Waals surface area (Å²) in [5, 5.41) is 0. The topological polar surface area (TPSA) is 48.0 Å². The van der Waals surface area contributed by atoms with Gasteiger partial charge in [0.25, 0.3) is 0 Å². The number of nitrogens with zero attached hydrogens (tertiary/aromatic N) is 1. The lowest BCUT2D eigenvalue weighted by molar-refractivity contribution is -0.163. The SMILES string of the molecule is CCOC(=O)C1CCN1CC(OC)OC. The quantitative estimate of drug-likeness (QED) is 0.471. The summed E-state index contributed by atoms with van der Waals surface area (Å²) < 4.78 is 15.1. The van der Waals surface area contributed by atoms with Gasteiger partial charge in [0.05, 0.1) is 13.2 Å². The molecule has 1 rings (SSSR count). The fourth-order valence-corrected chi connectivity index (χ4v) is 1.60. The zero-order chi connectivity index (χ0) is 11.3. The lowest BCUT2D eigenvalue weighted by Crippen LogP contribution is -2.55. The second-order valence-electron chi connectivity index (χ2n) is 3.45. The van der Waals surface area contributed by atoms with Crippen molar-refractivity contribution in [3.8, 4) is 0 Å². The van der Waals surface area contributed by atoms with E-state index in [0.717, 1.165) is 13.0 Å². The summed E-state index contributed by atoms with van der Waals surface area (Å²) in [6.45, 7) is 3.75. The lowest BCUT2D eigenvalue weighted by Gasteiger charge is -2.40. The molecule has 1 heterocycles. The standard InChI is InChI=1S/C10H19NO4/c1-4-15-10(12)8-5-6-11(8)7-9(13-2)14-3/h8-9H,4-7H2,1-3H3. The average molecular weight is 217 g/mol. The van der Waals surface area contributed by atoms with E-state index in [-0.39, 0.29) is 18.3 Å². The number of rotatable bonds is 6. The molecule has 0 radical (unpaired) electrons. The Kier molecular flexibility index (Phi) is 5.01. The van der Waals surface area contributed by atoms with E-state index >= 15 is 0 Å². The molecule has 0 aromatic rings. The molecular weight excluding hydrogens is 198 g/mol. The molecule has 1 fully saturated rings. The maximum Gasteiger partial charge on any atom is 0.323 e. The minimum Gasteiger partial charge on any atom is -0.465 e. The highest BCUT2D eigenvalue weighted by Gasteiger charge is 2.36. The van der Waals surface area contributed by atoms with Crippen LogP contribution in [0.3, 0.4) is 0 Å². The maximum absolute atomic E-state index is 11.4. The van der Waals surface area contributed by atoms with Crippen molar-refractivity contribution in [1.82, 2.24) is 4.90 Å². The molecule has 1 saturated heterocycles. The Morgan fingerprint density at radius 1 is 1.47 bits per heavy atom. The Bertz CT molecular complexity index is 206. The molecule has 5 nitrogen and oxygen atoms in total. The minimum absolute atomic E-state index is 0.113. The molecule has 1 aliphatic heterocycles. The molecule has 5 heteroatoms. The summed E-state index contributed by atoms with van der Waals surface area (Å²) in [5.41, 5.74) is 0. The number of carbonyl (C=O) groups is 1. The Hall–Kier alpha value is -0.650. The van der Waals surface area contributed by atoms with Gasteiger partial charge in [0, 0.05) is 20.8 Å². The molecule has 1 unspecified atom stereocenters. The van der Waals surface area contributed by atoms with Gasteiger partial charge in [0.15, 0.2) is 6.29 Å². The molecule has 0 amide bonds. The summed E-state index contributed by atoms with van der Waals surface area (Å²) >= 11 is 0. The van der Waals surface area contributed by atoms with E-state index in [1.807, 2.05) is 11.8 Å². The van der Waals surface area contributed by atoms with Crippen LogP contribution < -0.4 is 0 Å². The van der Waals surface area contributed by atoms with Crippen LogP contribution in [0.1, 0.15) is 13.3 Å². The largest absolute Gasteiger partial charge is 0.465 e. The number of carbonyl (C=O) groups excluding carboxylic acids is 1. The van der Waals surface area contributed by atoms with Gasteiger partial charge in [-0.1, -0.05) is 0 Å². The van der Waals surface area contributed by atoms with Gasteiger partial charge < -0.3 is 14.2 Å². The van der Waals surface area contributed by atoms with Crippen LogP contribution in [0.4, 0.5) is 0 Å². The van der Waals surface area contributed by atoms with Crippen LogP contribution in [0.2, 0.25) is 0 Å². The van der Waals surface area contributed by atoms with E-state index in [1.54, 1.807) is 14.2 Å². The van der Waals surface area contributed by atoms with Crippen molar-refractivity contribution in [3.63, 3.8) is 0 Å². The second-order valence-corrected chi connectivity index (χ2v) is 3.45. The third kappa shape index (κ3) is 3.15. The smallest absolute Gasteiger partial charge is 0.323 e. The Morgan fingerprint density at radius 2 is 2.13 bits per heavy atom. The molecule has 0 spiro atoms. The maximum atomic E-state index is 11.4. The molecular formula is C10H19NO4. The van der Waals surface area contributed by atoms with Gasteiger partial charge in [-0.25, -0.2) is 0 Å².